The summed E-state index contributed by atoms with van der Waals surface area (Å²) in [6.07, 6.45) is 0.963. The number of carbonyl (C=O) groups is 1. The van der Waals surface area contributed by atoms with E-state index < -0.39 is 0 Å². The first-order valence-corrected chi connectivity index (χ1v) is 8.45. The van der Waals surface area contributed by atoms with Crippen molar-refractivity contribution in [2.75, 3.05) is 19.0 Å². The first-order chi connectivity index (χ1) is 11.8. The van der Waals surface area contributed by atoms with Gasteiger partial charge in [0.2, 0.25) is 0 Å². The van der Waals surface area contributed by atoms with Crippen molar-refractivity contribution >= 4 is 11.7 Å². The second-order valence-electron chi connectivity index (χ2n) is 6.53. The summed E-state index contributed by atoms with van der Waals surface area (Å²) in [7, 11) is 3.38. The monoisotopic (exact) mass is 345 g/mol. The number of aromatic nitrogens is 2. The minimum absolute atomic E-state index is 0.210. The van der Waals surface area contributed by atoms with Gasteiger partial charge in [0.05, 0.1) is 19.4 Å². The highest BCUT2D eigenvalue weighted by atomic mass is 16.5. The molecule has 1 aromatic heterocycles. The number of hydrogen-bond acceptors (Lipinski definition) is 4. The van der Waals surface area contributed by atoms with Crippen LogP contribution in [0.3, 0.4) is 0 Å². The molecule has 1 heterocycles. The third-order valence-electron chi connectivity index (χ3n) is 4.13. The molecule has 0 aliphatic rings. The molecule has 0 saturated heterocycles. The lowest BCUT2D eigenvalue weighted by Crippen LogP contribution is -2.15. The number of nitrogens with zero attached hydrogens (tertiary/aromatic N) is 2. The Morgan fingerprint density at radius 3 is 2.56 bits per heavy atom. The Hall–Kier alpha value is -2.50. The van der Waals surface area contributed by atoms with Gasteiger partial charge < -0.3 is 14.8 Å². The molecule has 0 unspecified atom stereocenters. The second kappa shape index (κ2) is 8.05. The normalized spacial score (nSPS) is 10.8. The maximum Gasteiger partial charge on any atom is 0.256 e. The molecular formula is C19H27N3O3. The van der Waals surface area contributed by atoms with E-state index in [1.54, 1.807) is 30.0 Å². The summed E-state index contributed by atoms with van der Waals surface area (Å²) in [6.45, 7) is 8.76. The summed E-state index contributed by atoms with van der Waals surface area (Å²) in [5, 5.41) is 7.22. The van der Waals surface area contributed by atoms with Gasteiger partial charge in [0.1, 0.15) is 5.82 Å². The van der Waals surface area contributed by atoms with Gasteiger partial charge in [-0.05, 0) is 44.4 Å². The van der Waals surface area contributed by atoms with Gasteiger partial charge >= 0.3 is 0 Å². The molecule has 0 atom stereocenters. The van der Waals surface area contributed by atoms with Gasteiger partial charge in [-0.3, -0.25) is 9.48 Å². The van der Waals surface area contributed by atoms with Crippen LogP contribution in [0.2, 0.25) is 0 Å². The van der Waals surface area contributed by atoms with Crippen molar-refractivity contribution in [2.24, 2.45) is 13.0 Å². The third-order valence-corrected chi connectivity index (χ3v) is 4.13. The van der Waals surface area contributed by atoms with E-state index in [9.17, 15) is 4.79 Å². The minimum atomic E-state index is -0.210. The van der Waals surface area contributed by atoms with E-state index in [-0.39, 0.29) is 5.91 Å². The lowest BCUT2D eigenvalue weighted by Gasteiger charge is -2.13. The Kier molecular flexibility index (Phi) is 6.07. The summed E-state index contributed by atoms with van der Waals surface area (Å²) in [6, 6.07) is 5.20. The van der Waals surface area contributed by atoms with Gasteiger partial charge in [-0.25, -0.2) is 0 Å². The van der Waals surface area contributed by atoms with Crippen molar-refractivity contribution < 1.29 is 14.3 Å². The topological polar surface area (TPSA) is 65.4 Å². The number of rotatable bonds is 7. The molecular weight excluding hydrogens is 318 g/mol. The van der Waals surface area contributed by atoms with Gasteiger partial charge in [0.25, 0.3) is 5.91 Å². The van der Waals surface area contributed by atoms with Gasteiger partial charge in [-0.2, -0.15) is 5.10 Å². The average molecular weight is 345 g/mol. The maximum absolute atomic E-state index is 12.6. The predicted octanol–water partition coefficient (Wildman–Crippen LogP) is 3.72. The zero-order valence-corrected chi connectivity index (χ0v) is 15.8. The molecule has 1 amide bonds. The fraction of sp³-hybridized carbons (Fsp3) is 0.474. The van der Waals surface area contributed by atoms with Crippen molar-refractivity contribution in [3.05, 3.63) is 35.0 Å². The largest absolute Gasteiger partial charge is 0.493 e. The number of benzene rings is 1. The van der Waals surface area contributed by atoms with Crippen LogP contribution in [0.1, 0.15) is 41.9 Å². The van der Waals surface area contributed by atoms with Crippen molar-refractivity contribution in [2.45, 2.75) is 34.1 Å². The summed E-state index contributed by atoms with van der Waals surface area (Å²) in [5.74, 6) is 2.25. The van der Waals surface area contributed by atoms with Crippen molar-refractivity contribution in [1.82, 2.24) is 9.78 Å². The lowest BCUT2D eigenvalue weighted by atomic mass is 10.1. The second-order valence-corrected chi connectivity index (χ2v) is 6.53. The number of hydrogen-bond donors (Lipinski definition) is 1. The van der Waals surface area contributed by atoms with Gasteiger partial charge in [0.15, 0.2) is 11.5 Å². The lowest BCUT2D eigenvalue weighted by molar-refractivity contribution is 0.102. The molecule has 1 N–H and O–H groups in total. The van der Waals surface area contributed by atoms with Crippen LogP contribution in [-0.2, 0) is 7.05 Å². The van der Waals surface area contributed by atoms with Crippen molar-refractivity contribution in [1.29, 1.82) is 0 Å². The molecule has 0 bridgehead atoms. The van der Waals surface area contributed by atoms with Crippen LogP contribution in [-0.4, -0.2) is 29.4 Å². The Morgan fingerprint density at radius 2 is 2.00 bits per heavy atom. The van der Waals surface area contributed by atoms with Gasteiger partial charge in [-0.1, -0.05) is 13.8 Å². The maximum atomic E-state index is 12.6. The third kappa shape index (κ3) is 4.53. The molecule has 0 fully saturated rings. The smallest absolute Gasteiger partial charge is 0.256 e. The van der Waals surface area contributed by atoms with Crippen LogP contribution in [0, 0.1) is 19.8 Å². The Balaban J connectivity index is 2.14. The van der Waals surface area contributed by atoms with E-state index in [0.29, 0.717) is 35.4 Å². The van der Waals surface area contributed by atoms with E-state index in [4.69, 9.17) is 9.47 Å². The molecule has 0 aliphatic carbocycles. The summed E-state index contributed by atoms with van der Waals surface area (Å²) in [5.41, 5.74) is 2.35. The zero-order valence-electron chi connectivity index (χ0n) is 15.8. The van der Waals surface area contributed by atoms with Gasteiger partial charge in [0, 0.05) is 18.2 Å². The Labute approximate surface area is 149 Å². The van der Waals surface area contributed by atoms with E-state index in [1.165, 1.54) is 0 Å². The fourth-order valence-electron chi connectivity index (χ4n) is 2.45. The van der Waals surface area contributed by atoms with E-state index in [1.807, 2.05) is 20.9 Å². The van der Waals surface area contributed by atoms with Crippen LogP contribution < -0.4 is 14.8 Å². The molecule has 0 saturated carbocycles. The van der Waals surface area contributed by atoms with Gasteiger partial charge in [-0.15, -0.1) is 0 Å². The Morgan fingerprint density at radius 1 is 1.28 bits per heavy atom. The predicted molar refractivity (Wildman–Crippen MR) is 98.6 cm³/mol. The van der Waals surface area contributed by atoms with Crippen LogP contribution in [0.25, 0.3) is 0 Å². The first-order valence-electron chi connectivity index (χ1n) is 8.45. The molecule has 6 heteroatoms. The van der Waals surface area contributed by atoms with E-state index in [2.05, 4.69) is 24.3 Å². The highest BCUT2D eigenvalue weighted by Gasteiger charge is 2.15. The Bertz CT molecular complexity index is 751. The number of aryl methyl sites for hydroxylation is 2. The molecule has 1 aromatic carbocycles. The molecule has 0 spiro atoms. The standard InChI is InChI=1S/C19H27N3O3/c1-12(2)9-10-25-16-8-7-15(11-17(16)24-6)19(23)20-18-13(3)14(4)21-22(18)5/h7-8,11-12H,9-10H2,1-6H3,(H,20,23). The molecule has 0 radical (unpaired) electrons. The van der Waals surface area contributed by atoms with Crippen LogP contribution in [0.15, 0.2) is 18.2 Å². The molecule has 6 nitrogen and oxygen atoms in total. The van der Waals surface area contributed by atoms with Crippen LogP contribution in [0.5, 0.6) is 11.5 Å². The SMILES string of the molecule is COc1cc(C(=O)Nc2c(C)c(C)nn2C)ccc1OCCC(C)C. The highest BCUT2D eigenvalue weighted by Crippen LogP contribution is 2.29. The first kappa shape index (κ1) is 18.8. The van der Waals surface area contributed by atoms with Crippen molar-refractivity contribution in [3.8, 4) is 11.5 Å². The quantitative estimate of drug-likeness (QED) is 0.830. The number of methoxy groups -OCH3 is 1. The molecule has 136 valence electrons. The summed E-state index contributed by atoms with van der Waals surface area (Å²) < 4.78 is 12.8. The molecule has 2 rings (SSSR count). The van der Waals surface area contributed by atoms with Crippen LogP contribution >= 0.6 is 0 Å². The number of ether oxygens (including phenoxy) is 2. The molecule has 0 aliphatic heterocycles. The zero-order chi connectivity index (χ0) is 18.6. The molecule has 2 aromatic rings. The number of carbonyl (C=O) groups excluding carboxylic acids is 1. The van der Waals surface area contributed by atoms with Crippen molar-refractivity contribution in [3.63, 3.8) is 0 Å². The van der Waals surface area contributed by atoms with E-state index in [0.717, 1.165) is 17.7 Å². The molecule has 25 heavy (non-hydrogen) atoms. The number of amides is 1. The van der Waals surface area contributed by atoms with E-state index >= 15 is 0 Å². The number of nitrogens with one attached hydrogen (secondary N) is 1. The summed E-state index contributed by atoms with van der Waals surface area (Å²) >= 11 is 0. The fourth-order valence-corrected chi connectivity index (χ4v) is 2.45. The summed E-state index contributed by atoms with van der Waals surface area (Å²) in [4.78, 5) is 12.6. The minimum Gasteiger partial charge on any atom is -0.493 e. The average Bonchev–Trinajstić information content (AvgIpc) is 2.81. The van der Waals surface area contributed by atoms with Crippen LogP contribution in [0.4, 0.5) is 5.82 Å². The number of anilines is 1. The highest BCUT2D eigenvalue weighted by molar-refractivity contribution is 6.04.